The minimum Gasteiger partial charge on any atom is -1.00 e. The molecule has 0 amide bonds. The molecule has 0 saturated heterocycles. The average molecular weight is 1510 g/mol. The molecule has 550 valence electrons. The minimum atomic E-state index is -1.90. The zero-order valence-corrected chi connectivity index (χ0v) is 65.8. The van der Waals surface area contributed by atoms with Crippen molar-refractivity contribution < 1.29 is 41.2 Å². The molecule has 6 heteroatoms. The van der Waals surface area contributed by atoms with Crippen LogP contribution in [0.2, 0.25) is 0 Å². The number of rotatable bonds is 26. The molecule has 0 atom stereocenters. The maximum absolute atomic E-state index is 16.3. The Morgan fingerprint density at radius 1 is 0.282 bits per heavy atom. The van der Waals surface area contributed by atoms with Crippen molar-refractivity contribution in [1.82, 2.24) is 0 Å². The van der Waals surface area contributed by atoms with Crippen LogP contribution in [0.5, 0.6) is 11.5 Å². The predicted molar refractivity (Wildman–Crippen MR) is 454 cm³/mol. The van der Waals surface area contributed by atoms with Crippen LogP contribution in [0, 0.1) is 0 Å². The molecule has 0 spiro atoms. The van der Waals surface area contributed by atoms with E-state index in [1.807, 2.05) is 14.2 Å². The molecule has 0 saturated carbocycles. The molecule has 15 rings (SSSR count). The molecule has 5 nitrogen and oxygen atoms in total. The lowest BCUT2D eigenvalue weighted by Gasteiger charge is -2.42. The number of aliphatic hydroxyl groups is 2. The highest BCUT2D eigenvalue weighted by Crippen LogP contribution is 2.58. The molecule has 14 aromatic carbocycles. The highest BCUT2D eigenvalue weighted by molar-refractivity contribution is 5.89. The summed E-state index contributed by atoms with van der Waals surface area (Å²) in [5, 5.41) is 32.6. The predicted octanol–water partition coefficient (Wildman–Crippen LogP) is 22.6. The first kappa shape index (κ1) is 75.8. The molecule has 1 heterocycles. The smallest absolute Gasteiger partial charge is 0.141 e. The summed E-state index contributed by atoms with van der Waals surface area (Å²) in [5.74, 6) is 1.50. The number of benzene rings is 14. The molecule has 1 aliphatic rings. The van der Waals surface area contributed by atoms with E-state index in [1.54, 1.807) is 0 Å². The first-order valence-corrected chi connectivity index (χ1v) is 39.3. The molecule has 2 N–H and O–H groups in total. The second-order valence-electron chi connectivity index (χ2n) is 29.8. The number of ether oxygens (including phenoxy) is 2. The second-order valence-corrected chi connectivity index (χ2v) is 29.8. The maximum Gasteiger partial charge on any atom is 0.141 e. The van der Waals surface area contributed by atoms with Crippen LogP contribution in [-0.2, 0) is 37.1 Å². The lowest BCUT2D eigenvalue weighted by atomic mass is 9.71. The number of fused-ring (bicyclic) bond motifs is 3. The first-order chi connectivity index (χ1) is 53.5. The van der Waals surface area contributed by atoms with Gasteiger partial charge in [0.15, 0.2) is 0 Å². The summed E-state index contributed by atoms with van der Waals surface area (Å²) >= 11 is 0. The maximum atomic E-state index is 16.3. The van der Waals surface area contributed by atoms with E-state index >= 15 is 10.2 Å². The molecular formula is C104H98BrNO4. The molecule has 110 heavy (non-hydrogen) atoms. The third-order valence-corrected chi connectivity index (χ3v) is 22.6. The summed E-state index contributed by atoms with van der Waals surface area (Å²) < 4.78 is 15.2. The fourth-order valence-electron chi connectivity index (χ4n) is 17.2. The topological polar surface area (TPSA) is 58.9 Å². The van der Waals surface area contributed by atoms with Gasteiger partial charge in [-0.25, -0.2) is 0 Å². The number of hydrogen-bond donors (Lipinski definition) is 2. The van der Waals surface area contributed by atoms with Crippen molar-refractivity contribution in [3.05, 3.63) is 383 Å². The molecular weight excluding hydrogens is 1410 g/mol. The number of methoxy groups -OCH3 is 2. The normalized spacial score (nSPS) is 12.5. The fraction of sp³-hybridized carbons (Fsp3) is 0.192. The molecule has 0 bridgehead atoms. The minimum absolute atomic E-state index is 0. The van der Waals surface area contributed by atoms with E-state index in [4.69, 9.17) is 9.47 Å². The summed E-state index contributed by atoms with van der Waals surface area (Å²) in [5.41, 5.74) is 22.6. The van der Waals surface area contributed by atoms with Gasteiger partial charge in [0, 0.05) is 33.4 Å². The van der Waals surface area contributed by atoms with Crippen LogP contribution in [0.4, 0.5) is 0 Å². The van der Waals surface area contributed by atoms with E-state index < -0.39 is 11.2 Å². The Hall–Kier alpha value is -11.0. The summed E-state index contributed by atoms with van der Waals surface area (Å²) in [6.07, 6.45) is 6.64. The summed E-state index contributed by atoms with van der Waals surface area (Å²) in [6, 6.07) is 117. The van der Waals surface area contributed by atoms with Crippen LogP contribution in [0.15, 0.2) is 328 Å². The average Bonchev–Trinajstić information content (AvgIpc) is 1.30. The number of nitrogens with zero attached hydrogens (tertiary/aromatic N) is 1. The van der Waals surface area contributed by atoms with Crippen molar-refractivity contribution in [2.45, 2.75) is 103 Å². The fourth-order valence-corrected chi connectivity index (χ4v) is 17.2. The van der Waals surface area contributed by atoms with Gasteiger partial charge in [-0.2, -0.15) is 0 Å². The molecule has 0 aromatic heterocycles. The van der Waals surface area contributed by atoms with Gasteiger partial charge in [-0.1, -0.05) is 296 Å². The van der Waals surface area contributed by atoms with Crippen LogP contribution >= 0.6 is 0 Å². The van der Waals surface area contributed by atoms with Gasteiger partial charge in [-0.3, -0.25) is 0 Å². The molecule has 14 aromatic rings. The Morgan fingerprint density at radius 3 is 0.673 bits per heavy atom. The highest BCUT2D eigenvalue weighted by Gasteiger charge is 2.48. The van der Waals surface area contributed by atoms with E-state index in [0.717, 1.165) is 219 Å². The molecule has 0 unspecified atom stereocenters. The van der Waals surface area contributed by atoms with Gasteiger partial charge in [-0.05, 0) is 233 Å². The van der Waals surface area contributed by atoms with Crippen LogP contribution in [0.3, 0.4) is 0 Å². The summed E-state index contributed by atoms with van der Waals surface area (Å²) in [4.78, 5) is 0. The Balaban J connectivity index is 0.0000101. The lowest BCUT2D eigenvalue weighted by molar-refractivity contribution is -0.953. The van der Waals surface area contributed by atoms with Crippen LogP contribution in [0.25, 0.3) is 100 Å². The van der Waals surface area contributed by atoms with Gasteiger partial charge >= 0.3 is 0 Å². The van der Waals surface area contributed by atoms with Gasteiger partial charge in [0.05, 0.1) is 27.3 Å². The van der Waals surface area contributed by atoms with Crippen LogP contribution < -0.4 is 26.5 Å². The lowest BCUT2D eigenvalue weighted by Crippen LogP contribution is -3.00. The monoisotopic (exact) mass is 1500 g/mol. The SMILES string of the molecule is CCCC[N+]1(CCCC)Cc2c(C(O)(c3cc(-c4ccccc4)cc(-c4ccccc4)c3)c3cc(-c4ccccc4)cc(-c4ccccc4)c3)cc(CCC)c(OC)c2-c2c(c(C(O)(c3cc(-c4ccccc4)cc(-c4ccccc4)c3)c3cc(-c4ccccc4)cc(-c4ccccc4)c3)cc(CCC)c2OC)C1.[Br-]. The zero-order valence-electron chi connectivity index (χ0n) is 64.2. The Morgan fingerprint density at radius 2 is 0.491 bits per heavy atom. The van der Waals surface area contributed by atoms with Gasteiger partial charge in [-0.15, -0.1) is 0 Å². The van der Waals surface area contributed by atoms with Crippen molar-refractivity contribution in [2.75, 3.05) is 27.3 Å². The zero-order chi connectivity index (χ0) is 74.9. The number of halogens is 1. The van der Waals surface area contributed by atoms with Crippen molar-refractivity contribution >= 4 is 0 Å². The standard InChI is InChI=1S/C104H98NO4.BrH/c1-7-11-55-105(56-12-8-2)71-95-97(103(106,91-61-83(73-39-21-13-22-40-73)57-84(62-91)74-41-23-14-24-42-74)92-63-85(75-43-25-15-26-44-75)58-86(64-92)76-45-27-16-28-46-76)69-81(37-9-3)101(108-5)99(95)100-96(72-105)98(70-82(38-10-4)102(100)109-6)104(107,93-65-87(77-47-29-17-30-48-77)59-88(66-93)78-49-31-18-32-50-78)94-67-89(79-51-33-19-34-52-79)60-90(68-94)80-53-35-20-36-54-80;/h13-36,39-54,57-70,106-107H,7-12,37-38,55-56,71-72H2,1-6H3;1H/q+1;/p-1. The van der Waals surface area contributed by atoms with Gasteiger partial charge in [0.1, 0.15) is 35.8 Å². The van der Waals surface area contributed by atoms with Gasteiger partial charge in [0.25, 0.3) is 0 Å². The van der Waals surface area contributed by atoms with Crippen molar-refractivity contribution in [3.8, 4) is 112 Å². The number of hydrogen-bond acceptors (Lipinski definition) is 4. The van der Waals surface area contributed by atoms with E-state index in [9.17, 15) is 0 Å². The number of unbranched alkanes of at least 4 members (excludes halogenated alkanes) is 2. The van der Waals surface area contributed by atoms with Gasteiger partial charge in [0.2, 0.25) is 0 Å². The second kappa shape index (κ2) is 33.9. The van der Waals surface area contributed by atoms with E-state index in [2.05, 4.69) is 355 Å². The largest absolute Gasteiger partial charge is 1.00 e. The van der Waals surface area contributed by atoms with Gasteiger partial charge < -0.3 is 41.2 Å². The summed E-state index contributed by atoms with van der Waals surface area (Å²) in [7, 11) is 3.68. The Kier molecular flexibility index (Phi) is 23.4. The molecule has 0 aliphatic carbocycles. The molecule has 0 radical (unpaired) electrons. The summed E-state index contributed by atoms with van der Waals surface area (Å²) in [6.45, 7) is 11.8. The Bertz CT molecular complexity index is 4630. The third kappa shape index (κ3) is 15.2. The number of quaternary nitrogens is 1. The van der Waals surface area contributed by atoms with Crippen molar-refractivity contribution in [3.63, 3.8) is 0 Å². The van der Waals surface area contributed by atoms with E-state index in [0.29, 0.717) is 30.4 Å². The third-order valence-electron chi connectivity index (χ3n) is 22.6. The van der Waals surface area contributed by atoms with E-state index in [1.165, 1.54) is 0 Å². The molecule has 0 fully saturated rings. The first-order valence-electron chi connectivity index (χ1n) is 39.3. The molecule has 1 aliphatic heterocycles. The van der Waals surface area contributed by atoms with E-state index in [-0.39, 0.29) is 17.0 Å². The van der Waals surface area contributed by atoms with Crippen LogP contribution in [0.1, 0.15) is 122 Å². The number of aryl methyl sites for hydroxylation is 2. The van der Waals surface area contributed by atoms with Crippen LogP contribution in [-0.4, -0.2) is 42.0 Å². The Labute approximate surface area is 662 Å². The quantitative estimate of drug-likeness (QED) is 0.0419. The van der Waals surface area contributed by atoms with Crippen molar-refractivity contribution in [2.24, 2.45) is 0 Å². The van der Waals surface area contributed by atoms with Crippen molar-refractivity contribution in [1.29, 1.82) is 0 Å². The highest BCUT2D eigenvalue weighted by atomic mass is 79.9.